The second kappa shape index (κ2) is 7.18. The second-order valence-corrected chi connectivity index (χ2v) is 5.14. The Hall–Kier alpha value is -1.94. The van der Waals surface area contributed by atoms with Crippen molar-refractivity contribution in [1.82, 2.24) is 15.3 Å². The number of nitrogens with one attached hydrogen (secondary N) is 1. The Bertz CT molecular complexity index is 598. The molecule has 0 radical (unpaired) electrons. The lowest BCUT2D eigenvalue weighted by Crippen LogP contribution is -2.25. The molecule has 0 aliphatic carbocycles. The molecule has 0 bridgehead atoms. The van der Waals surface area contributed by atoms with E-state index in [1.807, 2.05) is 25.3 Å². The summed E-state index contributed by atoms with van der Waals surface area (Å²) in [6.07, 6.45) is 2.90. The van der Waals surface area contributed by atoms with E-state index in [0.717, 1.165) is 30.2 Å². The van der Waals surface area contributed by atoms with Crippen molar-refractivity contribution in [3.63, 3.8) is 0 Å². The molecule has 1 aromatic carbocycles. The first-order chi connectivity index (χ1) is 10.2. The smallest absolute Gasteiger partial charge is 0.125 e. The van der Waals surface area contributed by atoms with Crippen molar-refractivity contribution in [3.8, 4) is 5.75 Å². The maximum Gasteiger partial charge on any atom is 0.125 e. The predicted molar refractivity (Wildman–Crippen MR) is 84.6 cm³/mol. The molecule has 0 saturated carbocycles. The molecule has 0 aliphatic heterocycles. The average Bonchev–Trinajstić information content (AvgIpc) is 2.49. The highest BCUT2D eigenvalue weighted by Gasteiger charge is 2.17. The molecule has 112 valence electrons. The first-order valence-electron chi connectivity index (χ1n) is 7.33. The highest BCUT2D eigenvalue weighted by atomic mass is 16.5. The molecule has 0 fully saturated rings. The maximum absolute atomic E-state index is 5.29. The second-order valence-electron chi connectivity index (χ2n) is 5.14. The number of aryl methyl sites for hydroxylation is 2. The third-order valence-electron chi connectivity index (χ3n) is 3.48. The zero-order valence-corrected chi connectivity index (χ0v) is 13.2. The minimum atomic E-state index is 0.0811. The van der Waals surface area contributed by atoms with Gasteiger partial charge in [-0.05, 0) is 56.1 Å². The largest absolute Gasteiger partial charge is 0.497 e. The summed E-state index contributed by atoms with van der Waals surface area (Å²) in [4.78, 5) is 8.77. The van der Waals surface area contributed by atoms with E-state index in [-0.39, 0.29) is 6.04 Å². The fourth-order valence-corrected chi connectivity index (χ4v) is 2.40. The Morgan fingerprint density at radius 1 is 1.24 bits per heavy atom. The molecular weight excluding hydrogens is 262 g/mol. The fraction of sp³-hybridized carbons (Fsp3) is 0.412. The molecule has 1 unspecified atom stereocenters. The number of hydrogen-bond donors (Lipinski definition) is 1. The summed E-state index contributed by atoms with van der Waals surface area (Å²) in [6, 6.07) is 8.22. The first-order valence-corrected chi connectivity index (χ1v) is 7.33. The van der Waals surface area contributed by atoms with Crippen LogP contribution in [-0.2, 0) is 0 Å². The molecule has 4 heteroatoms. The standard InChI is InChI=1S/C17H23N3O/c1-5-9-19-17(16-8-10-18-13(3)20-16)15-7-6-14(21-4)11-12(15)2/h6-8,10-11,17,19H,5,9H2,1-4H3. The summed E-state index contributed by atoms with van der Waals surface area (Å²) in [5.74, 6) is 1.67. The van der Waals surface area contributed by atoms with Crippen molar-refractivity contribution in [2.75, 3.05) is 13.7 Å². The van der Waals surface area contributed by atoms with Crippen LogP contribution in [0.1, 0.15) is 42.0 Å². The van der Waals surface area contributed by atoms with E-state index in [9.17, 15) is 0 Å². The van der Waals surface area contributed by atoms with Gasteiger partial charge in [0.1, 0.15) is 11.6 Å². The topological polar surface area (TPSA) is 47.0 Å². The van der Waals surface area contributed by atoms with Gasteiger partial charge in [0.25, 0.3) is 0 Å². The zero-order valence-electron chi connectivity index (χ0n) is 13.2. The Morgan fingerprint density at radius 2 is 2.05 bits per heavy atom. The minimum Gasteiger partial charge on any atom is -0.497 e. The molecule has 1 heterocycles. The molecule has 21 heavy (non-hydrogen) atoms. The van der Waals surface area contributed by atoms with E-state index in [0.29, 0.717) is 0 Å². The number of benzene rings is 1. The molecule has 2 rings (SSSR count). The summed E-state index contributed by atoms with van der Waals surface area (Å²) in [5, 5.41) is 3.58. The van der Waals surface area contributed by atoms with Crippen LogP contribution < -0.4 is 10.1 Å². The third kappa shape index (κ3) is 3.79. The van der Waals surface area contributed by atoms with Gasteiger partial charge in [-0.2, -0.15) is 0 Å². The van der Waals surface area contributed by atoms with Crippen LogP contribution in [0.3, 0.4) is 0 Å². The Morgan fingerprint density at radius 3 is 2.67 bits per heavy atom. The number of methoxy groups -OCH3 is 1. The van der Waals surface area contributed by atoms with Gasteiger partial charge in [0.05, 0.1) is 18.8 Å². The maximum atomic E-state index is 5.29. The summed E-state index contributed by atoms with van der Waals surface area (Å²) < 4.78 is 5.29. The number of nitrogens with zero attached hydrogens (tertiary/aromatic N) is 2. The molecule has 4 nitrogen and oxygen atoms in total. The van der Waals surface area contributed by atoms with E-state index >= 15 is 0 Å². The highest BCUT2D eigenvalue weighted by molar-refractivity contribution is 5.39. The molecule has 0 amide bonds. The zero-order chi connectivity index (χ0) is 15.2. The van der Waals surface area contributed by atoms with Gasteiger partial charge in [0.2, 0.25) is 0 Å². The summed E-state index contributed by atoms with van der Waals surface area (Å²) in [5.41, 5.74) is 3.42. The number of ether oxygens (including phenoxy) is 1. The molecule has 0 saturated heterocycles. The van der Waals surface area contributed by atoms with Crippen molar-refractivity contribution in [2.24, 2.45) is 0 Å². The number of hydrogen-bond acceptors (Lipinski definition) is 4. The van der Waals surface area contributed by atoms with Gasteiger partial charge >= 0.3 is 0 Å². The van der Waals surface area contributed by atoms with Gasteiger partial charge in [-0.25, -0.2) is 9.97 Å². The van der Waals surface area contributed by atoms with Crippen LogP contribution in [-0.4, -0.2) is 23.6 Å². The first kappa shape index (κ1) is 15.4. The molecule has 0 aliphatic rings. The van der Waals surface area contributed by atoms with Crippen molar-refractivity contribution < 1.29 is 4.74 Å². The molecule has 1 N–H and O–H groups in total. The van der Waals surface area contributed by atoms with E-state index in [1.54, 1.807) is 7.11 Å². The van der Waals surface area contributed by atoms with Crippen LogP contribution in [0, 0.1) is 13.8 Å². The van der Waals surface area contributed by atoms with Crippen LogP contribution in [0.2, 0.25) is 0 Å². The fourth-order valence-electron chi connectivity index (χ4n) is 2.40. The number of rotatable bonds is 6. The highest BCUT2D eigenvalue weighted by Crippen LogP contribution is 2.26. The quantitative estimate of drug-likeness (QED) is 0.885. The van der Waals surface area contributed by atoms with Gasteiger partial charge in [-0.3, -0.25) is 0 Å². The van der Waals surface area contributed by atoms with Crippen LogP contribution in [0.25, 0.3) is 0 Å². The van der Waals surface area contributed by atoms with E-state index < -0.39 is 0 Å². The van der Waals surface area contributed by atoms with E-state index in [2.05, 4.69) is 41.3 Å². The van der Waals surface area contributed by atoms with Gasteiger partial charge < -0.3 is 10.1 Å². The van der Waals surface area contributed by atoms with Crippen molar-refractivity contribution in [3.05, 3.63) is 53.1 Å². The molecule has 2 aromatic rings. The van der Waals surface area contributed by atoms with E-state index in [1.165, 1.54) is 11.1 Å². The lowest BCUT2D eigenvalue weighted by Gasteiger charge is -2.21. The van der Waals surface area contributed by atoms with Crippen LogP contribution >= 0.6 is 0 Å². The van der Waals surface area contributed by atoms with Crippen molar-refractivity contribution in [1.29, 1.82) is 0 Å². The normalized spacial score (nSPS) is 12.2. The summed E-state index contributed by atoms with van der Waals surface area (Å²) >= 11 is 0. The summed E-state index contributed by atoms with van der Waals surface area (Å²) in [6.45, 7) is 7.13. The van der Waals surface area contributed by atoms with Gasteiger partial charge in [-0.15, -0.1) is 0 Å². The molecular formula is C17H23N3O. The predicted octanol–water partition coefficient (Wildman–Crippen LogP) is 3.19. The lowest BCUT2D eigenvalue weighted by molar-refractivity contribution is 0.414. The van der Waals surface area contributed by atoms with Crippen LogP contribution in [0.5, 0.6) is 5.75 Å². The Balaban J connectivity index is 2.40. The van der Waals surface area contributed by atoms with Crippen LogP contribution in [0.15, 0.2) is 30.5 Å². The SMILES string of the molecule is CCCNC(c1ccnc(C)n1)c1ccc(OC)cc1C. The van der Waals surface area contributed by atoms with E-state index in [4.69, 9.17) is 4.74 Å². The molecule has 1 aromatic heterocycles. The van der Waals surface area contributed by atoms with Crippen LogP contribution in [0.4, 0.5) is 0 Å². The molecule has 1 atom stereocenters. The lowest BCUT2D eigenvalue weighted by atomic mass is 9.98. The average molecular weight is 285 g/mol. The Kier molecular flexibility index (Phi) is 5.28. The molecule has 0 spiro atoms. The minimum absolute atomic E-state index is 0.0811. The summed E-state index contributed by atoms with van der Waals surface area (Å²) in [7, 11) is 1.69. The Labute approximate surface area is 126 Å². The number of aromatic nitrogens is 2. The van der Waals surface area contributed by atoms with Gasteiger partial charge in [0, 0.05) is 6.20 Å². The van der Waals surface area contributed by atoms with Gasteiger partial charge in [-0.1, -0.05) is 13.0 Å². The van der Waals surface area contributed by atoms with Crippen molar-refractivity contribution in [2.45, 2.75) is 33.2 Å². The third-order valence-corrected chi connectivity index (χ3v) is 3.48. The van der Waals surface area contributed by atoms with Gasteiger partial charge in [0.15, 0.2) is 0 Å². The monoisotopic (exact) mass is 285 g/mol. The van der Waals surface area contributed by atoms with Crippen molar-refractivity contribution >= 4 is 0 Å².